The maximum absolute atomic E-state index is 12.7. The second-order valence-corrected chi connectivity index (χ2v) is 9.96. The minimum atomic E-state index is -0.307. The summed E-state index contributed by atoms with van der Waals surface area (Å²) in [5.74, 6) is -1.23. The predicted octanol–water partition coefficient (Wildman–Crippen LogP) is 3.10. The van der Waals surface area contributed by atoms with Crippen LogP contribution in [-0.4, -0.2) is 66.0 Å². The van der Waals surface area contributed by atoms with Crippen molar-refractivity contribution in [3.8, 4) is 0 Å². The number of imide groups is 2. The van der Waals surface area contributed by atoms with Crippen LogP contribution < -0.4 is 0 Å². The zero-order valence-electron chi connectivity index (χ0n) is 17.4. The smallest absolute Gasteiger partial charge is 0.268 e. The molecule has 0 spiro atoms. The molecule has 0 N–H and O–H groups in total. The number of hydrogen-bond acceptors (Lipinski definition) is 8. The Hall–Kier alpha value is -2.66. The monoisotopic (exact) mass is 468 g/mol. The van der Waals surface area contributed by atoms with Crippen molar-refractivity contribution in [2.75, 3.05) is 13.1 Å². The van der Waals surface area contributed by atoms with Gasteiger partial charge in [-0.2, -0.15) is 0 Å². The van der Waals surface area contributed by atoms with Crippen molar-refractivity contribution >= 4 is 47.9 Å². The summed E-state index contributed by atoms with van der Waals surface area (Å²) in [4.78, 5) is 50.8. The zero-order chi connectivity index (χ0) is 22.6. The van der Waals surface area contributed by atoms with Gasteiger partial charge in [-0.15, -0.1) is 0 Å². The van der Waals surface area contributed by atoms with Crippen molar-refractivity contribution in [2.24, 2.45) is 0 Å². The van der Waals surface area contributed by atoms with Crippen molar-refractivity contribution in [3.05, 3.63) is 70.8 Å². The molecule has 4 amide bonds. The number of nitrogens with zero attached hydrogens (tertiary/aromatic N) is 4. The lowest BCUT2D eigenvalue weighted by Gasteiger charge is -2.43. The molecule has 0 aromatic heterocycles. The van der Waals surface area contributed by atoms with E-state index >= 15 is 0 Å². The van der Waals surface area contributed by atoms with Crippen LogP contribution in [0.5, 0.6) is 0 Å². The van der Waals surface area contributed by atoms with Crippen LogP contribution in [0, 0.1) is 0 Å². The van der Waals surface area contributed by atoms with E-state index in [-0.39, 0.29) is 35.7 Å². The number of benzene rings is 2. The normalized spacial score (nSPS) is 23.8. The van der Waals surface area contributed by atoms with E-state index in [9.17, 15) is 19.2 Å². The molecule has 2 unspecified atom stereocenters. The van der Waals surface area contributed by atoms with Crippen molar-refractivity contribution in [1.82, 2.24) is 17.2 Å². The molecule has 1 saturated heterocycles. The van der Waals surface area contributed by atoms with Gasteiger partial charge in [0.15, 0.2) is 0 Å². The topological polar surface area (TPSA) is 81.2 Å². The molecule has 3 aliphatic rings. The van der Waals surface area contributed by atoms with E-state index in [0.29, 0.717) is 35.3 Å². The largest absolute Gasteiger partial charge is 0.272 e. The van der Waals surface area contributed by atoms with Crippen LogP contribution in [0.15, 0.2) is 48.5 Å². The summed E-state index contributed by atoms with van der Waals surface area (Å²) in [6.07, 6.45) is 0. The van der Waals surface area contributed by atoms with Gasteiger partial charge in [-0.1, -0.05) is 24.3 Å². The molecule has 10 heteroatoms. The summed E-state index contributed by atoms with van der Waals surface area (Å²) >= 11 is 2.27. The summed E-state index contributed by atoms with van der Waals surface area (Å²) < 4.78 is 6.43. The molecular weight excluding hydrogens is 448 g/mol. The molecule has 0 radical (unpaired) electrons. The van der Waals surface area contributed by atoms with Crippen molar-refractivity contribution in [2.45, 2.75) is 25.9 Å². The Kier molecular flexibility index (Phi) is 5.32. The molecule has 5 rings (SSSR count). The van der Waals surface area contributed by atoms with E-state index in [2.05, 4.69) is 0 Å². The first-order chi connectivity index (χ1) is 15.4. The Morgan fingerprint density at radius 2 is 0.875 bits per heavy atom. The van der Waals surface area contributed by atoms with Gasteiger partial charge in [-0.25, -0.2) is 17.2 Å². The molecule has 1 fully saturated rings. The first kappa shape index (κ1) is 21.2. The Morgan fingerprint density at radius 1 is 0.594 bits per heavy atom. The second-order valence-electron chi connectivity index (χ2n) is 7.96. The van der Waals surface area contributed by atoms with Crippen LogP contribution >= 0.6 is 24.3 Å². The van der Waals surface area contributed by atoms with Crippen LogP contribution in [0.4, 0.5) is 0 Å². The molecule has 32 heavy (non-hydrogen) atoms. The Bertz CT molecular complexity index is 997. The molecule has 8 nitrogen and oxygen atoms in total. The number of fused-ring (bicyclic) bond motifs is 2. The molecule has 0 aliphatic carbocycles. The van der Waals surface area contributed by atoms with Gasteiger partial charge in [-0.05, 0) is 38.1 Å². The van der Waals surface area contributed by atoms with E-state index in [4.69, 9.17) is 0 Å². The molecule has 0 bridgehead atoms. The van der Waals surface area contributed by atoms with Gasteiger partial charge in [-0.3, -0.25) is 19.2 Å². The molecular formula is C22H20N4O4S2. The third-order valence-electron chi connectivity index (χ3n) is 5.76. The molecule has 0 saturated carbocycles. The molecule has 164 valence electrons. The molecule has 2 aromatic carbocycles. The third kappa shape index (κ3) is 3.34. The van der Waals surface area contributed by atoms with E-state index in [1.807, 2.05) is 22.5 Å². The average Bonchev–Trinajstić information content (AvgIpc) is 3.18. The molecule has 2 atom stereocenters. The van der Waals surface area contributed by atoms with Crippen LogP contribution in [-0.2, 0) is 0 Å². The van der Waals surface area contributed by atoms with Crippen LogP contribution in [0.3, 0.4) is 0 Å². The van der Waals surface area contributed by atoms with Crippen molar-refractivity contribution in [3.63, 3.8) is 0 Å². The summed E-state index contributed by atoms with van der Waals surface area (Å²) in [7, 11) is 0. The second kappa shape index (κ2) is 8.04. The fourth-order valence-corrected chi connectivity index (χ4v) is 6.11. The Balaban J connectivity index is 1.26. The minimum Gasteiger partial charge on any atom is -0.268 e. The fraction of sp³-hybridized carbons (Fsp3) is 0.273. The first-order valence-corrected chi connectivity index (χ1v) is 11.7. The quantitative estimate of drug-likeness (QED) is 0.500. The SMILES string of the molecule is CC1CN(SN2C(=O)c3ccccc3C2=O)C(C)CN1SN1C(=O)c2ccccc2C1=O. The maximum Gasteiger partial charge on any atom is 0.272 e. The van der Waals surface area contributed by atoms with Gasteiger partial charge in [0.1, 0.15) is 0 Å². The van der Waals surface area contributed by atoms with Gasteiger partial charge in [0.25, 0.3) is 23.6 Å². The number of amides is 4. The van der Waals surface area contributed by atoms with E-state index in [1.54, 1.807) is 48.5 Å². The summed E-state index contributed by atoms with van der Waals surface area (Å²) in [6.45, 7) is 5.09. The average molecular weight is 469 g/mol. The molecule has 2 aromatic rings. The van der Waals surface area contributed by atoms with Gasteiger partial charge in [0.05, 0.1) is 46.5 Å². The number of carbonyl (C=O) groups is 4. The first-order valence-electron chi connectivity index (χ1n) is 10.2. The highest BCUT2D eigenvalue weighted by Gasteiger charge is 2.42. The highest BCUT2D eigenvalue weighted by Crippen LogP contribution is 2.37. The highest BCUT2D eigenvalue weighted by molar-refractivity contribution is 7.96. The van der Waals surface area contributed by atoms with Crippen LogP contribution in [0.25, 0.3) is 0 Å². The number of piperazine rings is 1. The number of rotatable bonds is 4. The minimum absolute atomic E-state index is 0.0248. The predicted molar refractivity (Wildman–Crippen MR) is 121 cm³/mol. The highest BCUT2D eigenvalue weighted by atomic mass is 32.2. The third-order valence-corrected chi connectivity index (χ3v) is 8.19. The van der Waals surface area contributed by atoms with Gasteiger partial charge in [0.2, 0.25) is 0 Å². The molecule has 3 heterocycles. The van der Waals surface area contributed by atoms with E-state index in [1.165, 1.54) is 8.61 Å². The van der Waals surface area contributed by atoms with Crippen molar-refractivity contribution in [1.29, 1.82) is 0 Å². The lowest BCUT2D eigenvalue weighted by atomic mass is 10.1. The fourth-order valence-electron chi connectivity index (χ4n) is 3.98. The van der Waals surface area contributed by atoms with Gasteiger partial charge in [0, 0.05) is 25.2 Å². The van der Waals surface area contributed by atoms with E-state index < -0.39 is 0 Å². The standard InChI is InChI=1S/C22H20N4O4S2/c1-13-11-24(32-26-21(29)17-9-5-6-10-18(17)22(26)30)14(2)12-23(13)31-25-19(27)15-7-3-4-8-16(15)20(25)28/h3-10,13-14H,11-12H2,1-2H3. The molecule has 3 aliphatic heterocycles. The number of hydrogen-bond donors (Lipinski definition) is 0. The van der Waals surface area contributed by atoms with E-state index in [0.717, 1.165) is 24.3 Å². The van der Waals surface area contributed by atoms with Crippen LogP contribution in [0.2, 0.25) is 0 Å². The van der Waals surface area contributed by atoms with Gasteiger partial charge < -0.3 is 0 Å². The zero-order valence-corrected chi connectivity index (χ0v) is 19.1. The lowest BCUT2D eigenvalue weighted by Crippen LogP contribution is -2.53. The van der Waals surface area contributed by atoms with Gasteiger partial charge >= 0.3 is 0 Å². The van der Waals surface area contributed by atoms with Crippen molar-refractivity contribution < 1.29 is 19.2 Å². The maximum atomic E-state index is 12.7. The summed E-state index contributed by atoms with van der Waals surface area (Å²) in [5.41, 5.74) is 1.69. The number of carbonyl (C=O) groups excluding carboxylic acids is 4. The Morgan fingerprint density at radius 3 is 1.16 bits per heavy atom. The Labute approximate surface area is 194 Å². The summed E-state index contributed by atoms with van der Waals surface area (Å²) in [5, 5.41) is 0. The lowest BCUT2D eigenvalue weighted by molar-refractivity contribution is 0.0741. The van der Waals surface area contributed by atoms with Crippen LogP contribution in [0.1, 0.15) is 55.3 Å². The summed E-state index contributed by atoms with van der Waals surface area (Å²) in [6, 6.07) is 13.6.